The second-order valence-electron chi connectivity index (χ2n) is 6.85. The van der Waals surface area contributed by atoms with Crippen molar-refractivity contribution < 1.29 is 14.3 Å². The van der Waals surface area contributed by atoms with E-state index in [0.29, 0.717) is 37.3 Å². The van der Waals surface area contributed by atoms with E-state index in [4.69, 9.17) is 0 Å². The molecule has 0 aromatic heterocycles. The van der Waals surface area contributed by atoms with Crippen LogP contribution in [-0.2, 0) is 14.3 Å². The van der Waals surface area contributed by atoms with Crippen LogP contribution in [0.3, 0.4) is 0 Å². The Bertz CT molecular complexity index is 358. The first kappa shape index (κ1) is 22.2. The number of nitrogens with zero attached hydrogens (tertiary/aromatic N) is 1. The van der Waals surface area contributed by atoms with Crippen molar-refractivity contribution >= 4 is 24.3 Å². The van der Waals surface area contributed by atoms with Crippen molar-refractivity contribution in [3.8, 4) is 0 Å². The van der Waals surface area contributed by atoms with E-state index in [0.717, 1.165) is 13.1 Å². The van der Waals surface area contributed by atoms with Crippen molar-refractivity contribution in [2.24, 2.45) is 17.8 Å². The van der Waals surface area contributed by atoms with E-state index < -0.39 is 0 Å². The van der Waals surface area contributed by atoms with Gasteiger partial charge in [-0.2, -0.15) is 0 Å². The van der Waals surface area contributed by atoms with E-state index in [9.17, 15) is 9.59 Å². The van der Waals surface area contributed by atoms with Gasteiger partial charge in [0.25, 0.3) is 0 Å². The molecule has 6 heteroatoms. The second kappa shape index (κ2) is 11.7. The summed E-state index contributed by atoms with van der Waals surface area (Å²) in [6, 6.07) is 0. The molecule has 1 rings (SSSR count). The van der Waals surface area contributed by atoms with Crippen molar-refractivity contribution in [1.29, 1.82) is 0 Å². The quantitative estimate of drug-likeness (QED) is 0.685. The van der Waals surface area contributed by atoms with Crippen LogP contribution >= 0.6 is 12.4 Å². The molecular formula is C17H33ClN2O3. The van der Waals surface area contributed by atoms with Crippen molar-refractivity contribution in [1.82, 2.24) is 10.2 Å². The van der Waals surface area contributed by atoms with Gasteiger partial charge in [0.05, 0.1) is 13.5 Å². The molecule has 1 N–H and O–H groups in total. The fourth-order valence-electron chi connectivity index (χ4n) is 3.02. The third-order valence-electron chi connectivity index (χ3n) is 4.39. The summed E-state index contributed by atoms with van der Waals surface area (Å²) in [4.78, 5) is 25.7. The second-order valence-corrected chi connectivity index (χ2v) is 6.85. The van der Waals surface area contributed by atoms with E-state index in [-0.39, 0.29) is 30.7 Å². The average molecular weight is 349 g/mol. The van der Waals surface area contributed by atoms with Gasteiger partial charge in [-0.05, 0) is 43.7 Å². The molecule has 2 atom stereocenters. The molecule has 1 amide bonds. The summed E-state index contributed by atoms with van der Waals surface area (Å²) >= 11 is 0. The van der Waals surface area contributed by atoms with E-state index in [1.54, 1.807) is 0 Å². The third kappa shape index (κ3) is 8.56. The van der Waals surface area contributed by atoms with Gasteiger partial charge in [-0.1, -0.05) is 20.8 Å². The number of halogens is 1. The van der Waals surface area contributed by atoms with Gasteiger partial charge in [0.15, 0.2) is 0 Å². The zero-order chi connectivity index (χ0) is 16.5. The Kier molecular flexibility index (Phi) is 11.3. The maximum absolute atomic E-state index is 12.6. The lowest BCUT2D eigenvalue weighted by atomic mass is 9.85. The van der Waals surface area contributed by atoms with Crippen LogP contribution in [0.4, 0.5) is 0 Å². The summed E-state index contributed by atoms with van der Waals surface area (Å²) in [6.07, 6.45) is 3.24. The summed E-state index contributed by atoms with van der Waals surface area (Å²) in [5.41, 5.74) is 0. The molecule has 1 aliphatic rings. The normalized spacial score (nSPS) is 18.9. The van der Waals surface area contributed by atoms with Crippen LogP contribution in [-0.4, -0.2) is 50.1 Å². The van der Waals surface area contributed by atoms with Gasteiger partial charge in [-0.3, -0.25) is 9.59 Å². The van der Waals surface area contributed by atoms with Gasteiger partial charge in [0.2, 0.25) is 5.91 Å². The van der Waals surface area contributed by atoms with Crippen molar-refractivity contribution in [2.75, 3.05) is 33.3 Å². The average Bonchev–Trinajstić information content (AvgIpc) is 2.51. The van der Waals surface area contributed by atoms with Crippen LogP contribution in [0.25, 0.3) is 0 Å². The fraction of sp³-hybridized carbons (Fsp3) is 0.882. The minimum absolute atomic E-state index is 0. The van der Waals surface area contributed by atoms with Crippen molar-refractivity contribution in [3.05, 3.63) is 0 Å². The number of carbonyl (C=O) groups is 2. The third-order valence-corrected chi connectivity index (χ3v) is 4.39. The molecular weight excluding hydrogens is 316 g/mol. The summed E-state index contributed by atoms with van der Waals surface area (Å²) in [6.45, 7) is 9.62. The molecule has 0 bridgehead atoms. The Labute approximate surface area is 146 Å². The number of rotatable bonds is 8. The maximum atomic E-state index is 12.6. The predicted octanol–water partition coefficient (Wildman–Crippen LogP) is 2.48. The van der Waals surface area contributed by atoms with E-state index in [1.165, 1.54) is 20.0 Å². The number of piperidine rings is 1. The maximum Gasteiger partial charge on any atom is 0.307 e. The molecule has 1 fully saturated rings. The number of ether oxygens (including phenoxy) is 1. The largest absolute Gasteiger partial charge is 0.469 e. The molecule has 0 radical (unpaired) electrons. The minimum Gasteiger partial charge on any atom is -0.469 e. The zero-order valence-electron chi connectivity index (χ0n) is 15.0. The SMILES string of the molecule is COC(=O)CCN(CC(C)C)C(=O)CC(C)C1CCCNC1.Cl. The highest BCUT2D eigenvalue weighted by atomic mass is 35.5. The molecule has 5 nitrogen and oxygen atoms in total. The standard InChI is InChI=1S/C17H32N2O3.ClH/c1-13(2)12-19(9-7-17(21)22-4)16(20)10-14(3)15-6-5-8-18-11-15;/h13-15,18H,5-12H2,1-4H3;1H. The molecule has 1 saturated heterocycles. The van der Waals surface area contributed by atoms with Gasteiger partial charge in [0, 0.05) is 19.5 Å². The fourth-order valence-corrected chi connectivity index (χ4v) is 3.02. The van der Waals surface area contributed by atoms with Crippen LogP contribution in [0.5, 0.6) is 0 Å². The number of esters is 1. The van der Waals surface area contributed by atoms with Gasteiger partial charge in [-0.25, -0.2) is 0 Å². The van der Waals surface area contributed by atoms with Gasteiger partial charge < -0.3 is 15.0 Å². The number of hydrogen-bond acceptors (Lipinski definition) is 4. The van der Waals surface area contributed by atoms with Crippen LogP contribution < -0.4 is 5.32 Å². The lowest BCUT2D eigenvalue weighted by Crippen LogP contribution is -2.39. The summed E-state index contributed by atoms with van der Waals surface area (Å²) in [5, 5.41) is 3.41. The van der Waals surface area contributed by atoms with Gasteiger partial charge in [0.1, 0.15) is 0 Å². The Morgan fingerprint density at radius 1 is 1.30 bits per heavy atom. The zero-order valence-corrected chi connectivity index (χ0v) is 15.8. The molecule has 0 aromatic rings. The first-order chi connectivity index (χ1) is 10.4. The summed E-state index contributed by atoms with van der Waals surface area (Å²) < 4.78 is 4.68. The number of hydrogen-bond donors (Lipinski definition) is 1. The lowest BCUT2D eigenvalue weighted by molar-refractivity contribution is -0.142. The summed E-state index contributed by atoms with van der Waals surface area (Å²) in [5.74, 6) is 1.27. The molecule has 0 aliphatic carbocycles. The highest BCUT2D eigenvalue weighted by Gasteiger charge is 2.25. The monoisotopic (exact) mass is 348 g/mol. The highest BCUT2D eigenvalue weighted by Crippen LogP contribution is 2.23. The van der Waals surface area contributed by atoms with Crippen LogP contribution in [0.15, 0.2) is 0 Å². The smallest absolute Gasteiger partial charge is 0.307 e. The van der Waals surface area contributed by atoms with Crippen LogP contribution in [0, 0.1) is 17.8 Å². The Morgan fingerprint density at radius 2 is 2.00 bits per heavy atom. The first-order valence-corrected chi connectivity index (χ1v) is 8.49. The summed E-state index contributed by atoms with van der Waals surface area (Å²) in [7, 11) is 1.38. The molecule has 23 heavy (non-hydrogen) atoms. The van der Waals surface area contributed by atoms with Crippen molar-refractivity contribution in [3.63, 3.8) is 0 Å². The van der Waals surface area contributed by atoms with Crippen LogP contribution in [0.2, 0.25) is 0 Å². The van der Waals surface area contributed by atoms with Crippen molar-refractivity contribution in [2.45, 2.75) is 46.5 Å². The number of amides is 1. The van der Waals surface area contributed by atoms with E-state index in [1.807, 2.05) is 4.90 Å². The highest BCUT2D eigenvalue weighted by molar-refractivity contribution is 5.85. The molecule has 1 aliphatic heterocycles. The van der Waals surface area contributed by atoms with E-state index in [2.05, 4.69) is 30.8 Å². The Morgan fingerprint density at radius 3 is 2.52 bits per heavy atom. The van der Waals surface area contributed by atoms with Gasteiger partial charge in [-0.15, -0.1) is 12.4 Å². The lowest BCUT2D eigenvalue weighted by Gasteiger charge is -2.30. The predicted molar refractivity (Wildman–Crippen MR) is 94.7 cm³/mol. The molecule has 136 valence electrons. The topological polar surface area (TPSA) is 58.6 Å². The molecule has 0 aromatic carbocycles. The van der Waals surface area contributed by atoms with Gasteiger partial charge >= 0.3 is 5.97 Å². The minimum atomic E-state index is -0.258. The van der Waals surface area contributed by atoms with Crippen LogP contribution in [0.1, 0.15) is 46.5 Å². The number of nitrogens with one attached hydrogen (secondary N) is 1. The Balaban J connectivity index is 0.00000484. The first-order valence-electron chi connectivity index (χ1n) is 8.49. The Hall–Kier alpha value is -0.810. The molecule has 2 unspecified atom stereocenters. The number of methoxy groups -OCH3 is 1. The molecule has 0 saturated carbocycles. The van der Waals surface area contributed by atoms with E-state index >= 15 is 0 Å². The molecule has 1 heterocycles. The number of carbonyl (C=O) groups excluding carboxylic acids is 2. The molecule has 0 spiro atoms.